The molecular formula is C12H15NO2. The normalized spacial score (nSPS) is 9.67. The maximum Gasteiger partial charge on any atom is 0.330 e. The molecule has 0 saturated carbocycles. The average molecular weight is 205 g/mol. The predicted octanol–water partition coefficient (Wildman–Crippen LogP) is 1.42. The van der Waals surface area contributed by atoms with Gasteiger partial charge in [0.05, 0.1) is 6.61 Å². The molecule has 0 fully saturated rings. The van der Waals surface area contributed by atoms with Gasteiger partial charge in [-0.1, -0.05) is 30.8 Å². The van der Waals surface area contributed by atoms with Crippen molar-refractivity contribution in [3.8, 4) is 0 Å². The third kappa shape index (κ3) is 3.95. The van der Waals surface area contributed by atoms with Crippen LogP contribution < -0.4 is 5.73 Å². The van der Waals surface area contributed by atoms with E-state index in [9.17, 15) is 4.79 Å². The number of esters is 1. The lowest BCUT2D eigenvalue weighted by Gasteiger charge is -2.04. The van der Waals surface area contributed by atoms with Crippen LogP contribution in [-0.2, 0) is 22.5 Å². The van der Waals surface area contributed by atoms with E-state index in [4.69, 9.17) is 10.5 Å². The van der Waals surface area contributed by atoms with E-state index in [0.29, 0.717) is 19.6 Å². The molecule has 0 heterocycles. The molecule has 1 aromatic rings. The molecule has 0 aliphatic heterocycles. The second-order valence-corrected chi connectivity index (χ2v) is 3.15. The van der Waals surface area contributed by atoms with Crippen molar-refractivity contribution in [1.82, 2.24) is 0 Å². The first-order valence-corrected chi connectivity index (χ1v) is 4.83. The lowest BCUT2D eigenvalue weighted by atomic mass is 10.1. The van der Waals surface area contributed by atoms with Crippen LogP contribution in [0.25, 0.3) is 0 Å². The number of hydrogen-bond acceptors (Lipinski definition) is 3. The standard InChI is InChI=1S/C12H15NO2/c1-2-12(14)15-7-6-10-4-3-5-11(8-10)9-13/h2-5,8H,1,6-7,9,13H2. The first-order chi connectivity index (χ1) is 7.26. The third-order valence-corrected chi connectivity index (χ3v) is 2.03. The highest BCUT2D eigenvalue weighted by atomic mass is 16.5. The monoisotopic (exact) mass is 205 g/mol. The first kappa shape index (κ1) is 11.5. The molecule has 0 amide bonds. The smallest absolute Gasteiger partial charge is 0.330 e. The predicted molar refractivity (Wildman–Crippen MR) is 59.2 cm³/mol. The van der Waals surface area contributed by atoms with Crippen molar-refractivity contribution in [1.29, 1.82) is 0 Å². The largest absolute Gasteiger partial charge is 0.462 e. The van der Waals surface area contributed by atoms with Crippen LogP contribution in [-0.4, -0.2) is 12.6 Å². The van der Waals surface area contributed by atoms with Gasteiger partial charge in [-0.2, -0.15) is 0 Å². The lowest BCUT2D eigenvalue weighted by Crippen LogP contribution is -2.05. The van der Waals surface area contributed by atoms with E-state index in [1.54, 1.807) is 0 Å². The highest BCUT2D eigenvalue weighted by Crippen LogP contribution is 2.05. The van der Waals surface area contributed by atoms with Crippen LogP contribution in [0.3, 0.4) is 0 Å². The fraction of sp³-hybridized carbons (Fsp3) is 0.250. The Morgan fingerprint density at radius 3 is 2.87 bits per heavy atom. The van der Waals surface area contributed by atoms with Crippen molar-refractivity contribution < 1.29 is 9.53 Å². The number of carbonyl (C=O) groups is 1. The van der Waals surface area contributed by atoms with Crippen molar-refractivity contribution >= 4 is 5.97 Å². The Balaban J connectivity index is 2.43. The molecule has 0 atom stereocenters. The van der Waals surface area contributed by atoms with Crippen LogP contribution in [0.5, 0.6) is 0 Å². The van der Waals surface area contributed by atoms with Crippen molar-refractivity contribution in [3.63, 3.8) is 0 Å². The fourth-order valence-electron chi connectivity index (χ4n) is 1.24. The SMILES string of the molecule is C=CC(=O)OCCc1cccc(CN)c1. The molecule has 0 aliphatic carbocycles. The Bertz CT molecular complexity index is 347. The third-order valence-electron chi connectivity index (χ3n) is 2.03. The number of benzene rings is 1. The molecule has 0 aliphatic rings. The van der Waals surface area contributed by atoms with Crippen LogP contribution >= 0.6 is 0 Å². The molecular weight excluding hydrogens is 190 g/mol. The molecule has 0 bridgehead atoms. The van der Waals surface area contributed by atoms with Gasteiger partial charge in [-0.15, -0.1) is 0 Å². The summed E-state index contributed by atoms with van der Waals surface area (Å²) in [6.07, 6.45) is 1.86. The van der Waals surface area contributed by atoms with Crippen molar-refractivity contribution in [2.24, 2.45) is 5.73 Å². The van der Waals surface area contributed by atoms with Gasteiger partial charge in [-0.25, -0.2) is 4.79 Å². The maximum atomic E-state index is 10.8. The summed E-state index contributed by atoms with van der Waals surface area (Å²) in [5.41, 5.74) is 7.72. The molecule has 3 heteroatoms. The van der Waals surface area contributed by atoms with E-state index in [-0.39, 0.29) is 5.97 Å². The summed E-state index contributed by atoms with van der Waals surface area (Å²) in [5, 5.41) is 0. The van der Waals surface area contributed by atoms with Gasteiger partial charge in [0.25, 0.3) is 0 Å². The molecule has 0 saturated heterocycles. The van der Waals surface area contributed by atoms with Crippen LogP contribution in [0, 0.1) is 0 Å². The minimum absolute atomic E-state index is 0.374. The van der Waals surface area contributed by atoms with Crippen molar-refractivity contribution in [2.45, 2.75) is 13.0 Å². The Hall–Kier alpha value is -1.61. The highest BCUT2D eigenvalue weighted by Gasteiger charge is 1.98. The Morgan fingerprint density at radius 1 is 1.47 bits per heavy atom. The van der Waals surface area contributed by atoms with Crippen LogP contribution in [0.1, 0.15) is 11.1 Å². The van der Waals surface area contributed by atoms with E-state index in [0.717, 1.165) is 17.2 Å². The fourth-order valence-corrected chi connectivity index (χ4v) is 1.24. The number of carbonyl (C=O) groups excluding carboxylic acids is 1. The molecule has 1 aromatic carbocycles. The highest BCUT2D eigenvalue weighted by molar-refractivity contribution is 5.81. The Kier molecular flexibility index (Phi) is 4.57. The molecule has 0 spiro atoms. The summed E-state index contributed by atoms with van der Waals surface area (Å²) in [6.45, 7) is 4.22. The summed E-state index contributed by atoms with van der Waals surface area (Å²) in [7, 11) is 0. The molecule has 1 rings (SSSR count). The Morgan fingerprint density at radius 2 is 2.20 bits per heavy atom. The zero-order valence-corrected chi connectivity index (χ0v) is 8.61. The van der Waals surface area contributed by atoms with E-state index in [2.05, 4.69) is 6.58 Å². The number of hydrogen-bond donors (Lipinski definition) is 1. The second kappa shape index (κ2) is 5.98. The quantitative estimate of drug-likeness (QED) is 0.584. The van der Waals surface area contributed by atoms with E-state index in [1.165, 1.54) is 0 Å². The summed E-state index contributed by atoms with van der Waals surface area (Å²) < 4.78 is 4.88. The van der Waals surface area contributed by atoms with Crippen molar-refractivity contribution in [2.75, 3.05) is 6.61 Å². The summed E-state index contributed by atoms with van der Waals surface area (Å²) in [4.78, 5) is 10.8. The van der Waals surface area contributed by atoms with Gasteiger partial charge < -0.3 is 10.5 Å². The zero-order chi connectivity index (χ0) is 11.1. The number of ether oxygens (including phenoxy) is 1. The summed E-state index contributed by atoms with van der Waals surface area (Å²) in [5.74, 6) is -0.384. The van der Waals surface area contributed by atoms with Crippen LogP contribution in [0.15, 0.2) is 36.9 Å². The topological polar surface area (TPSA) is 52.3 Å². The Labute approximate surface area is 89.5 Å². The maximum absolute atomic E-state index is 10.8. The molecule has 0 radical (unpaired) electrons. The van der Waals surface area contributed by atoms with Crippen LogP contribution in [0.2, 0.25) is 0 Å². The van der Waals surface area contributed by atoms with E-state index in [1.807, 2.05) is 24.3 Å². The number of rotatable bonds is 5. The first-order valence-electron chi connectivity index (χ1n) is 4.83. The zero-order valence-electron chi connectivity index (χ0n) is 8.61. The summed E-state index contributed by atoms with van der Waals surface area (Å²) >= 11 is 0. The molecule has 15 heavy (non-hydrogen) atoms. The molecule has 2 N–H and O–H groups in total. The van der Waals surface area contributed by atoms with Gasteiger partial charge in [0, 0.05) is 19.0 Å². The molecule has 80 valence electrons. The van der Waals surface area contributed by atoms with E-state index < -0.39 is 0 Å². The van der Waals surface area contributed by atoms with Gasteiger partial charge in [-0.3, -0.25) is 0 Å². The van der Waals surface area contributed by atoms with E-state index >= 15 is 0 Å². The van der Waals surface area contributed by atoms with Gasteiger partial charge >= 0.3 is 5.97 Å². The van der Waals surface area contributed by atoms with Crippen molar-refractivity contribution in [3.05, 3.63) is 48.0 Å². The summed E-state index contributed by atoms with van der Waals surface area (Å²) in [6, 6.07) is 7.93. The van der Waals surface area contributed by atoms with Gasteiger partial charge in [0.1, 0.15) is 0 Å². The molecule has 0 unspecified atom stereocenters. The second-order valence-electron chi connectivity index (χ2n) is 3.15. The minimum Gasteiger partial charge on any atom is -0.462 e. The lowest BCUT2D eigenvalue weighted by molar-refractivity contribution is -0.137. The van der Waals surface area contributed by atoms with Gasteiger partial charge in [0.2, 0.25) is 0 Å². The number of nitrogens with two attached hydrogens (primary N) is 1. The molecule has 3 nitrogen and oxygen atoms in total. The van der Waals surface area contributed by atoms with Gasteiger partial charge in [0.15, 0.2) is 0 Å². The molecule has 0 aromatic heterocycles. The van der Waals surface area contributed by atoms with Crippen LogP contribution in [0.4, 0.5) is 0 Å². The average Bonchev–Trinajstić information content (AvgIpc) is 2.29. The minimum atomic E-state index is -0.384. The van der Waals surface area contributed by atoms with Gasteiger partial charge in [-0.05, 0) is 11.1 Å².